The molecule has 0 aromatic carbocycles. The van der Waals surface area contributed by atoms with Crippen molar-refractivity contribution in [2.45, 2.75) is 19.5 Å². The summed E-state index contributed by atoms with van der Waals surface area (Å²) in [6.07, 6.45) is 0. The van der Waals surface area contributed by atoms with Gasteiger partial charge >= 0.3 is 5.97 Å². The molecule has 1 aromatic rings. The summed E-state index contributed by atoms with van der Waals surface area (Å²) < 4.78 is 1.06. The predicted octanol–water partition coefficient (Wildman–Crippen LogP) is 2.07. The Kier molecular flexibility index (Phi) is 3.90. The first-order valence-corrected chi connectivity index (χ1v) is 5.41. The average Bonchev–Trinajstić information content (AvgIpc) is 2.47. The summed E-state index contributed by atoms with van der Waals surface area (Å²) in [5.41, 5.74) is 0. The zero-order chi connectivity index (χ0) is 9.84. The van der Waals surface area contributed by atoms with Gasteiger partial charge in [-0.25, -0.2) is 0 Å². The van der Waals surface area contributed by atoms with Crippen LogP contribution in [0.3, 0.4) is 0 Å². The Balaban J connectivity index is 2.39. The molecule has 0 bridgehead atoms. The lowest BCUT2D eigenvalue weighted by molar-refractivity contribution is -0.139. The summed E-state index contributed by atoms with van der Waals surface area (Å²) in [7, 11) is 0. The molecule has 0 fully saturated rings. The fourth-order valence-electron chi connectivity index (χ4n) is 0.788. The van der Waals surface area contributed by atoms with E-state index >= 15 is 0 Å². The Labute approximate surface area is 88.9 Å². The van der Waals surface area contributed by atoms with E-state index in [1.54, 1.807) is 18.3 Å². The van der Waals surface area contributed by atoms with Crippen molar-refractivity contribution in [1.29, 1.82) is 0 Å². The van der Waals surface area contributed by atoms with Crippen LogP contribution in [0.15, 0.2) is 15.9 Å². The van der Waals surface area contributed by atoms with Crippen molar-refractivity contribution in [3.63, 3.8) is 0 Å². The molecule has 0 saturated carbocycles. The normalized spacial score (nSPS) is 12.8. The van der Waals surface area contributed by atoms with Crippen molar-refractivity contribution in [2.24, 2.45) is 0 Å². The molecule has 1 heterocycles. The van der Waals surface area contributed by atoms with Crippen LogP contribution in [-0.2, 0) is 11.3 Å². The first kappa shape index (κ1) is 10.7. The third kappa shape index (κ3) is 3.46. The summed E-state index contributed by atoms with van der Waals surface area (Å²) in [6.45, 7) is 2.23. The molecule has 72 valence electrons. The molecule has 2 N–H and O–H groups in total. The summed E-state index contributed by atoms with van der Waals surface area (Å²) in [4.78, 5) is 11.6. The Hall–Kier alpha value is -0.390. The second-order valence-corrected chi connectivity index (χ2v) is 5.19. The van der Waals surface area contributed by atoms with Gasteiger partial charge in [-0.15, -0.1) is 11.3 Å². The van der Waals surface area contributed by atoms with Gasteiger partial charge in [0.05, 0.1) is 3.79 Å². The summed E-state index contributed by atoms with van der Waals surface area (Å²) >= 11 is 4.95. The van der Waals surface area contributed by atoms with Crippen LogP contribution in [0.25, 0.3) is 0 Å². The fourth-order valence-corrected chi connectivity index (χ4v) is 2.22. The smallest absolute Gasteiger partial charge is 0.320 e. The van der Waals surface area contributed by atoms with E-state index in [1.165, 1.54) is 0 Å². The van der Waals surface area contributed by atoms with E-state index in [9.17, 15) is 4.79 Å². The van der Waals surface area contributed by atoms with Crippen molar-refractivity contribution in [3.05, 3.63) is 20.8 Å². The standard InChI is InChI=1S/C8H10BrNO2S/c1-5(8(11)12)10-4-6-2-3-7(9)13-6/h2-3,5,10H,4H2,1H3,(H,11,12). The number of carboxylic acid groups (broad SMARTS) is 1. The largest absolute Gasteiger partial charge is 0.480 e. The van der Waals surface area contributed by atoms with E-state index in [1.807, 2.05) is 12.1 Å². The maximum atomic E-state index is 10.5. The highest BCUT2D eigenvalue weighted by atomic mass is 79.9. The summed E-state index contributed by atoms with van der Waals surface area (Å²) in [5.74, 6) is -0.823. The zero-order valence-electron chi connectivity index (χ0n) is 7.08. The van der Waals surface area contributed by atoms with E-state index in [2.05, 4.69) is 21.2 Å². The highest BCUT2D eigenvalue weighted by molar-refractivity contribution is 9.11. The molecule has 3 nitrogen and oxygen atoms in total. The molecular formula is C8H10BrNO2S. The molecule has 0 saturated heterocycles. The molecular weight excluding hydrogens is 254 g/mol. The molecule has 0 spiro atoms. The first-order chi connectivity index (χ1) is 6.09. The molecule has 1 rings (SSSR count). The lowest BCUT2D eigenvalue weighted by Crippen LogP contribution is -2.32. The van der Waals surface area contributed by atoms with Gasteiger partial charge in [-0.2, -0.15) is 0 Å². The Morgan fingerprint density at radius 1 is 1.77 bits per heavy atom. The number of aliphatic carboxylic acids is 1. The van der Waals surface area contributed by atoms with E-state index in [0.29, 0.717) is 6.54 Å². The van der Waals surface area contributed by atoms with E-state index in [-0.39, 0.29) is 0 Å². The summed E-state index contributed by atoms with van der Waals surface area (Å²) in [5, 5.41) is 11.5. The minimum Gasteiger partial charge on any atom is -0.480 e. The van der Waals surface area contributed by atoms with Gasteiger partial charge in [0, 0.05) is 11.4 Å². The van der Waals surface area contributed by atoms with Crippen molar-refractivity contribution < 1.29 is 9.90 Å². The lowest BCUT2D eigenvalue weighted by atomic mass is 10.3. The number of rotatable bonds is 4. The van der Waals surface area contributed by atoms with E-state index < -0.39 is 12.0 Å². The molecule has 0 amide bonds. The van der Waals surface area contributed by atoms with Gasteiger partial charge in [0.2, 0.25) is 0 Å². The van der Waals surface area contributed by atoms with Crippen molar-refractivity contribution in [3.8, 4) is 0 Å². The molecule has 0 radical (unpaired) electrons. The SMILES string of the molecule is CC(NCc1ccc(Br)s1)C(=O)O. The molecule has 0 aliphatic carbocycles. The van der Waals surface area contributed by atoms with Gasteiger partial charge in [-0.3, -0.25) is 10.1 Å². The Bertz CT molecular complexity index is 300. The van der Waals surface area contributed by atoms with Crippen molar-refractivity contribution in [1.82, 2.24) is 5.32 Å². The number of carboxylic acids is 1. The van der Waals surface area contributed by atoms with E-state index in [0.717, 1.165) is 8.66 Å². The van der Waals surface area contributed by atoms with Gasteiger partial charge in [0.25, 0.3) is 0 Å². The molecule has 1 atom stereocenters. The number of thiophene rings is 1. The molecule has 13 heavy (non-hydrogen) atoms. The van der Waals surface area contributed by atoms with Crippen LogP contribution in [0, 0.1) is 0 Å². The number of carbonyl (C=O) groups is 1. The highest BCUT2D eigenvalue weighted by Crippen LogP contribution is 2.21. The van der Waals surface area contributed by atoms with Gasteiger partial charge < -0.3 is 5.11 Å². The minimum atomic E-state index is -0.823. The summed E-state index contributed by atoms with van der Waals surface area (Å²) in [6, 6.07) is 3.42. The Morgan fingerprint density at radius 3 is 2.92 bits per heavy atom. The zero-order valence-corrected chi connectivity index (χ0v) is 9.48. The average molecular weight is 264 g/mol. The second-order valence-electron chi connectivity index (χ2n) is 2.65. The van der Waals surface area contributed by atoms with Gasteiger partial charge in [0.1, 0.15) is 6.04 Å². The maximum Gasteiger partial charge on any atom is 0.320 e. The Morgan fingerprint density at radius 2 is 2.46 bits per heavy atom. The number of nitrogens with one attached hydrogen (secondary N) is 1. The van der Waals surface area contributed by atoms with Crippen LogP contribution in [0.2, 0.25) is 0 Å². The monoisotopic (exact) mass is 263 g/mol. The van der Waals surface area contributed by atoms with Crippen LogP contribution in [-0.4, -0.2) is 17.1 Å². The fraction of sp³-hybridized carbons (Fsp3) is 0.375. The maximum absolute atomic E-state index is 10.5. The van der Waals surface area contributed by atoms with Crippen LogP contribution in [0.1, 0.15) is 11.8 Å². The van der Waals surface area contributed by atoms with Gasteiger partial charge in [-0.1, -0.05) is 0 Å². The molecule has 0 aliphatic rings. The van der Waals surface area contributed by atoms with Crippen molar-refractivity contribution in [2.75, 3.05) is 0 Å². The molecule has 1 aromatic heterocycles. The molecule has 0 aliphatic heterocycles. The lowest BCUT2D eigenvalue weighted by Gasteiger charge is -2.06. The topological polar surface area (TPSA) is 49.3 Å². The number of halogens is 1. The van der Waals surface area contributed by atoms with Gasteiger partial charge in [0.15, 0.2) is 0 Å². The molecule has 5 heteroatoms. The van der Waals surface area contributed by atoms with Crippen LogP contribution in [0.4, 0.5) is 0 Å². The van der Waals surface area contributed by atoms with Crippen LogP contribution >= 0.6 is 27.3 Å². The third-order valence-corrected chi connectivity index (χ3v) is 3.21. The predicted molar refractivity (Wildman–Crippen MR) is 56.0 cm³/mol. The number of hydrogen-bond donors (Lipinski definition) is 2. The first-order valence-electron chi connectivity index (χ1n) is 3.80. The van der Waals surface area contributed by atoms with Crippen LogP contribution in [0.5, 0.6) is 0 Å². The molecule has 1 unspecified atom stereocenters. The number of hydrogen-bond acceptors (Lipinski definition) is 3. The van der Waals surface area contributed by atoms with E-state index in [4.69, 9.17) is 5.11 Å². The highest BCUT2D eigenvalue weighted by Gasteiger charge is 2.09. The van der Waals surface area contributed by atoms with Gasteiger partial charge in [-0.05, 0) is 35.0 Å². The second kappa shape index (κ2) is 4.74. The quantitative estimate of drug-likeness (QED) is 0.875. The minimum absolute atomic E-state index is 0.499. The van der Waals surface area contributed by atoms with Crippen molar-refractivity contribution >= 4 is 33.2 Å². The van der Waals surface area contributed by atoms with Crippen LogP contribution < -0.4 is 5.32 Å². The third-order valence-electron chi connectivity index (χ3n) is 1.58.